The maximum atomic E-state index is 13.0. The highest BCUT2D eigenvalue weighted by atomic mass is 35.5. The third kappa shape index (κ3) is 3.80. The number of aryl methyl sites for hydroxylation is 2. The number of nitrogens with zero attached hydrogens (tertiary/aromatic N) is 6. The minimum Gasteiger partial charge on any atom is -0.354 e. The lowest BCUT2D eigenvalue weighted by molar-refractivity contribution is 0.383. The zero-order valence-corrected chi connectivity index (χ0v) is 18.7. The van der Waals surface area contributed by atoms with Gasteiger partial charge in [0.15, 0.2) is 0 Å². The number of benzene rings is 1. The van der Waals surface area contributed by atoms with Gasteiger partial charge in [-0.1, -0.05) is 17.7 Å². The Hall–Kier alpha value is -2.49. The standard InChI is InChI=1S/C20H23ClN6O2S/c1-14-4-5-17(10-18(14)21)30(28,29)26-8-6-25(7-9-26)19-11-20(23-12-22-19)27-13-24-15(2)16(27)3/h4-5,10-13H,6-9H2,1-3H3. The Morgan fingerprint density at radius 3 is 2.27 bits per heavy atom. The van der Waals surface area contributed by atoms with Gasteiger partial charge in [0.1, 0.15) is 24.3 Å². The van der Waals surface area contributed by atoms with Crippen molar-refractivity contribution in [1.29, 1.82) is 0 Å². The quantitative estimate of drug-likeness (QED) is 0.612. The second kappa shape index (κ2) is 7.98. The maximum absolute atomic E-state index is 13.0. The van der Waals surface area contributed by atoms with Gasteiger partial charge in [-0.15, -0.1) is 0 Å². The Balaban J connectivity index is 1.50. The first-order valence-electron chi connectivity index (χ1n) is 9.61. The lowest BCUT2D eigenvalue weighted by atomic mass is 10.2. The van der Waals surface area contributed by atoms with Crippen LogP contribution in [-0.4, -0.2) is 58.4 Å². The summed E-state index contributed by atoms with van der Waals surface area (Å²) in [5.41, 5.74) is 2.82. The van der Waals surface area contributed by atoms with Crippen molar-refractivity contribution in [3.8, 4) is 5.82 Å². The molecular formula is C20H23ClN6O2S. The summed E-state index contributed by atoms with van der Waals surface area (Å²) in [4.78, 5) is 15.4. The van der Waals surface area contributed by atoms with E-state index in [1.165, 1.54) is 16.7 Å². The first-order chi connectivity index (χ1) is 14.3. The van der Waals surface area contributed by atoms with E-state index >= 15 is 0 Å². The molecule has 4 rings (SSSR count). The predicted octanol–water partition coefficient (Wildman–Crippen LogP) is 2.75. The van der Waals surface area contributed by atoms with Crippen molar-refractivity contribution in [2.24, 2.45) is 0 Å². The molecule has 8 nitrogen and oxygen atoms in total. The number of imidazole rings is 1. The van der Waals surface area contributed by atoms with Crippen LogP contribution < -0.4 is 4.90 Å². The van der Waals surface area contributed by atoms with Crippen LogP contribution in [0.25, 0.3) is 5.82 Å². The molecule has 0 unspecified atom stereocenters. The predicted molar refractivity (Wildman–Crippen MR) is 116 cm³/mol. The molecule has 0 radical (unpaired) electrons. The van der Waals surface area contributed by atoms with Gasteiger partial charge >= 0.3 is 0 Å². The van der Waals surface area contributed by atoms with Crippen LogP contribution in [0.15, 0.2) is 41.8 Å². The third-order valence-electron chi connectivity index (χ3n) is 5.48. The van der Waals surface area contributed by atoms with Crippen LogP contribution in [0.5, 0.6) is 0 Å². The van der Waals surface area contributed by atoms with Gasteiger partial charge in [0.25, 0.3) is 0 Å². The molecule has 0 spiro atoms. The van der Waals surface area contributed by atoms with Crippen LogP contribution in [0.3, 0.4) is 0 Å². The van der Waals surface area contributed by atoms with E-state index in [0.29, 0.717) is 31.2 Å². The second-order valence-electron chi connectivity index (χ2n) is 7.32. The van der Waals surface area contributed by atoms with Gasteiger partial charge in [-0.2, -0.15) is 4.31 Å². The van der Waals surface area contributed by atoms with Crippen LogP contribution in [-0.2, 0) is 10.0 Å². The number of rotatable bonds is 4. The van der Waals surface area contributed by atoms with Crippen LogP contribution in [0.2, 0.25) is 5.02 Å². The minimum atomic E-state index is -3.58. The van der Waals surface area contributed by atoms with E-state index in [9.17, 15) is 8.42 Å². The Kier molecular flexibility index (Phi) is 5.52. The Morgan fingerprint density at radius 1 is 0.933 bits per heavy atom. The number of hydrogen-bond acceptors (Lipinski definition) is 6. The van der Waals surface area contributed by atoms with Gasteiger partial charge in [0.2, 0.25) is 10.0 Å². The molecule has 1 aliphatic heterocycles. The normalized spacial score (nSPS) is 15.5. The fourth-order valence-corrected chi connectivity index (χ4v) is 5.11. The zero-order chi connectivity index (χ0) is 21.5. The number of piperazine rings is 1. The Bertz CT molecular complexity index is 1190. The van der Waals surface area contributed by atoms with E-state index in [1.807, 2.05) is 31.4 Å². The lowest BCUT2D eigenvalue weighted by Crippen LogP contribution is -2.49. The van der Waals surface area contributed by atoms with Crippen molar-refractivity contribution >= 4 is 27.4 Å². The summed E-state index contributed by atoms with van der Waals surface area (Å²) in [7, 11) is -3.58. The van der Waals surface area contributed by atoms with Crippen molar-refractivity contribution in [3.05, 3.63) is 58.9 Å². The van der Waals surface area contributed by atoms with Gasteiger partial charge in [-0.25, -0.2) is 23.4 Å². The fourth-order valence-electron chi connectivity index (χ4n) is 3.41. The molecular weight excluding hydrogens is 424 g/mol. The molecule has 1 aromatic carbocycles. The minimum absolute atomic E-state index is 0.224. The Morgan fingerprint density at radius 2 is 1.63 bits per heavy atom. The van der Waals surface area contributed by atoms with Gasteiger partial charge in [0.05, 0.1) is 10.6 Å². The molecule has 1 fully saturated rings. The number of halogens is 1. The summed E-state index contributed by atoms with van der Waals surface area (Å²) in [5.74, 6) is 1.50. The lowest BCUT2D eigenvalue weighted by Gasteiger charge is -2.34. The summed E-state index contributed by atoms with van der Waals surface area (Å²) < 4.78 is 29.4. The third-order valence-corrected chi connectivity index (χ3v) is 7.78. The van der Waals surface area contributed by atoms with Gasteiger partial charge in [-0.05, 0) is 38.5 Å². The summed E-state index contributed by atoms with van der Waals surface area (Å²) in [6.45, 7) is 7.61. The fraction of sp³-hybridized carbons (Fsp3) is 0.350. The van der Waals surface area contributed by atoms with Crippen LogP contribution in [0.1, 0.15) is 17.0 Å². The molecule has 0 N–H and O–H groups in total. The summed E-state index contributed by atoms with van der Waals surface area (Å²) >= 11 is 6.13. The highest BCUT2D eigenvalue weighted by Gasteiger charge is 2.29. The molecule has 0 bridgehead atoms. The zero-order valence-electron chi connectivity index (χ0n) is 17.1. The van der Waals surface area contributed by atoms with Crippen LogP contribution >= 0.6 is 11.6 Å². The van der Waals surface area contributed by atoms with E-state index in [1.54, 1.807) is 18.5 Å². The SMILES string of the molecule is Cc1ccc(S(=O)(=O)N2CCN(c3cc(-n4cnc(C)c4C)ncn3)CC2)cc1Cl. The molecule has 0 aliphatic carbocycles. The first kappa shape index (κ1) is 20.8. The van der Waals surface area contributed by atoms with Gasteiger partial charge < -0.3 is 4.90 Å². The van der Waals surface area contributed by atoms with Crippen LogP contribution in [0, 0.1) is 20.8 Å². The van der Waals surface area contributed by atoms with Crippen molar-refractivity contribution in [2.75, 3.05) is 31.1 Å². The number of anilines is 1. The van der Waals surface area contributed by atoms with E-state index in [-0.39, 0.29) is 4.90 Å². The molecule has 0 atom stereocenters. The maximum Gasteiger partial charge on any atom is 0.243 e. The van der Waals surface area contributed by atoms with Crippen LogP contribution in [0.4, 0.5) is 5.82 Å². The van der Waals surface area contributed by atoms with Gasteiger partial charge in [-0.3, -0.25) is 4.57 Å². The van der Waals surface area contributed by atoms with Crippen molar-refractivity contribution in [2.45, 2.75) is 25.7 Å². The molecule has 10 heteroatoms. The monoisotopic (exact) mass is 446 g/mol. The number of sulfonamides is 1. The molecule has 0 amide bonds. The van der Waals surface area contributed by atoms with Gasteiger partial charge in [0, 0.05) is 43.0 Å². The van der Waals surface area contributed by atoms with Crippen molar-refractivity contribution in [3.63, 3.8) is 0 Å². The molecule has 1 aliphatic rings. The highest BCUT2D eigenvalue weighted by Crippen LogP contribution is 2.25. The average Bonchev–Trinajstić information content (AvgIpc) is 3.08. The molecule has 158 valence electrons. The first-order valence-corrected chi connectivity index (χ1v) is 11.4. The van der Waals surface area contributed by atoms with Crippen molar-refractivity contribution < 1.29 is 8.42 Å². The number of hydrogen-bond donors (Lipinski definition) is 0. The number of aromatic nitrogens is 4. The molecule has 2 aromatic heterocycles. The largest absolute Gasteiger partial charge is 0.354 e. The molecule has 0 saturated carbocycles. The second-order valence-corrected chi connectivity index (χ2v) is 9.67. The summed E-state index contributed by atoms with van der Waals surface area (Å²) in [6, 6.07) is 6.76. The summed E-state index contributed by atoms with van der Waals surface area (Å²) in [5, 5.41) is 0.452. The van der Waals surface area contributed by atoms with E-state index < -0.39 is 10.0 Å². The summed E-state index contributed by atoms with van der Waals surface area (Å²) in [6.07, 6.45) is 3.27. The van der Waals surface area contributed by atoms with Crippen molar-refractivity contribution in [1.82, 2.24) is 23.8 Å². The molecule has 3 heterocycles. The molecule has 3 aromatic rings. The molecule has 1 saturated heterocycles. The Labute approximate surface area is 181 Å². The van der Waals surface area contributed by atoms with E-state index in [2.05, 4.69) is 19.9 Å². The topological polar surface area (TPSA) is 84.2 Å². The highest BCUT2D eigenvalue weighted by molar-refractivity contribution is 7.89. The molecule has 30 heavy (non-hydrogen) atoms. The average molecular weight is 447 g/mol. The smallest absolute Gasteiger partial charge is 0.243 e. The van der Waals surface area contributed by atoms with E-state index in [4.69, 9.17) is 11.6 Å². The van der Waals surface area contributed by atoms with E-state index in [0.717, 1.165) is 28.6 Å².